The summed E-state index contributed by atoms with van der Waals surface area (Å²) in [7, 11) is 1.39. The highest BCUT2D eigenvalue weighted by Gasteiger charge is 2.22. The molecule has 1 fully saturated rings. The highest BCUT2D eigenvalue weighted by Crippen LogP contribution is 2.30. The van der Waals surface area contributed by atoms with Crippen LogP contribution in [0.25, 0.3) is 0 Å². The minimum Gasteiger partial charge on any atom is -0.465 e. The van der Waals surface area contributed by atoms with Gasteiger partial charge < -0.3 is 15.0 Å². The van der Waals surface area contributed by atoms with Gasteiger partial charge in [0.2, 0.25) is 0 Å². The Morgan fingerprint density at radius 3 is 2.59 bits per heavy atom. The Morgan fingerprint density at radius 1 is 1.24 bits per heavy atom. The van der Waals surface area contributed by atoms with Crippen LogP contribution in [-0.2, 0) is 17.7 Å². The highest BCUT2D eigenvalue weighted by molar-refractivity contribution is 7.80. The number of thiocarbonyl (C=S) groups is 1. The molecule has 1 aliphatic heterocycles. The molecule has 2 aromatic rings. The number of methoxy groups -OCH3 is 1. The average molecular weight is 472 g/mol. The maximum Gasteiger partial charge on any atom is 0.340 e. The topological polar surface area (TPSA) is 44.8 Å². The van der Waals surface area contributed by atoms with Crippen molar-refractivity contribution in [1.29, 1.82) is 0 Å². The summed E-state index contributed by atoms with van der Waals surface area (Å²) in [5.41, 5.74) is 1.60. The van der Waals surface area contributed by atoms with Crippen LogP contribution in [0.2, 0.25) is 10.0 Å². The van der Waals surface area contributed by atoms with Crippen molar-refractivity contribution in [3.63, 3.8) is 0 Å². The Morgan fingerprint density at radius 2 is 1.97 bits per heavy atom. The number of aryl methyl sites for hydroxylation is 1. The van der Waals surface area contributed by atoms with Crippen molar-refractivity contribution in [3.05, 3.63) is 50.3 Å². The van der Waals surface area contributed by atoms with Crippen LogP contribution in [-0.4, -0.2) is 54.2 Å². The van der Waals surface area contributed by atoms with E-state index in [0.29, 0.717) is 20.7 Å². The van der Waals surface area contributed by atoms with Gasteiger partial charge in [-0.2, -0.15) is 0 Å². The molecule has 1 aliphatic rings. The summed E-state index contributed by atoms with van der Waals surface area (Å²) >= 11 is 19.4. The second kappa shape index (κ2) is 10.1. The van der Waals surface area contributed by atoms with Gasteiger partial charge in [0.15, 0.2) is 5.11 Å². The van der Waals surface area contributed by atoms with E-state index in [1.54, 1.807) is 6.07 Å². The molecule has 1 N–H and O–H groups in total. The lowest BCUT2D eigenvalue weighted by atomic mass is 10.2. The Labute approximate surface area is 190 Å². The van der Waals surface area contributed by atoms with Crippen LogP contribution >= 0.6 is 46.8 Å². The van der Waals surface area contributed by atoms with E-state index in [9.17, 15) is 4.79 Å². The third kappa shape index (κ3) is 5.61. The van der Waals surface area contributed by atoms with Crippen LogP contribution in [0, 0.1) is 0 Å². The van der Waals surface area contributed by atoms with E-state index in [1.165, 1.54) is 18.4 Å². The van der Waals surface area contributed by atoms with Crippen molar-refractivity contribution in [2.75, 3.05) is 38.6 Å². The molecule has 0 atom stereocenters. The lowest BCUT2D eigenvalue weighted by Crippen LogP contribution is -2.49. The van der Waals surface area contributed by atoms with E-state index >= 15 is 0 Å². The molecule has 29 heavy (non-hydrogen) atoms. The Kier molecular flexibility index (Phi) is 7.76. The second-order valence-electron chi connectivity index (χ2n) is 6.73. The van der Waals surface area contributed by atoms with Gasteiger partial charge in [0.25, 0.3) is 0 Å². The molecule has 1 aromatic carbocycles. The smallest absolute Gasteiger partial charge is 0.340 e. The lowest BCUT2D eigenvalue weighted by Gasteiger charge is -2.36. The van der Waals surface area contributed by atoms with Gasteiger partial charge in [0.05, 0.1) is 12.7 Å². The number of nitrogens with zero attached hydrogens (tertiary/aromatic N) is 2. The van der Waals surface area contributed by atoms with Gasteiger partial charge in [-0.3, -0.25) is 4.90 Å². The fraction of sp³-hybridized carbons (Fsp3) is 0.400. The SMILES string of the molecule is CCc1cc(C(=O)OC)c(NC(=S)N2CCN(Cc3ccc(Cl)cc3Cl)CC2)s1. The summed E-state index contributed by atoms with van der Waals surface area (Å²) in [5.74, 6) is -0.351. The Balaban J connectivity index is 1.58. The van der Waals surface area contributed by atoms with Crippen LogP contribution in [0.5, 0.6) is 0 Å². The Bertz CT molecular complexity index is 896. The van der Waals surface area contributed by atoms with Gasteiger partial charge in [-0.05, 0) is 42.4 Å². The zero-order chi connectivity index (χ0) is 21.0. The summed E-state index contributed by atoms with van der Waals surface area (Å²) in [6.45, 7) is 6.18. The van der Waals surface area contributed by atoms with Crippen LogP contribution < -0.4 is 5.32 Å². The first kappa shape index (κ1) is 22.3. The number of esters is 1. The van der Waals surface area contributed by atoms with E-state index in [-0.39, 0.29) is 5.97 Å². The molecule has 0 spiro atoms. The van der Waals surface area contributed by atoms with E-state index in [0.717, 1.165) is 54.6 Å². The number of piperazine rings is 1. The quantitative estimate of drug-likeness (QED) is 0.493. The first-order valence-corrected chi connectivity index (χ1v) is 11.3. The van der Waals surface area contributed by atoms with Gasteiger partial charge >= 0.3 is 5.97 Å². The van der Waals surface area contributed by atoms with Crippen LogP contribution in [0.15, 0.2) is 24.3 Å². The zero-order valence-corrected chi connectivity index (χ0v) is 19.5. The fourth-order valence-electron chi connectivity index (χ4n) is 3.15. The summed E-state index contributed by atoms with van der Waals surface area (Å²) in [4.78, 5) is 17.6. The maximum atomic E-state index is 12.0. The summed E-state index contributed by atoms with van der Waals surface area (Å²) in [6, 6.07) is 7.48. The number of carbonyl (C=O) groups excluding carboxylic acids is 1. The number of halogens is 2. The molecule has 3 rings (SSSR count). The molecule has 0 radical (unpaired) electrons. The molecule has 5 nitrogen and oxygen atoms in total. The number of benzene rings is 1. The molecule has 0 amide bonds. The number of hydrogen-bond donors (Lipinski definition) is 1. The predicted molar refractivity (Wildman–Crippen MR) is 125 cm³/mol. The highest BCUT2D eigenvalue weighted by atomic mass is 35.5. The number of hydrogen-bond acceptors (Lipinski definition) is 5. The summed E-state index contributed by atoms with van der Waals surface area (Å²) < 4.78 is 4.89. The largest absolute Gasteiger partial charge is 0.465 e. The van der Waals surface area contributed by atoms with E-state index in [2.05, 4.69) is 22.0 Å². The first-order chi connectivity index (χ1) is 13.9. The maximum absolute atomic E-state index is 12.0. The number of nitrogens with one attached hydrogen (secondary N) is 1. The van der Waals surface area contributed by atoms with Crippen molar-refractivity contribution in [1.82, 2.24) is 9.80 Å². The molecule has 0 aliphatic carbocycles. The van der Waals surface area contributed by atoms with Gasteiger partial charge in [-0.25, -0.2) is 4.79 Å². The third-order valence-electron chi connectivity index (χ3n) is 4.83. The molecule has 9 heteroatoms. The van der Waals surface area contributed by atoms with Crippen LogP contribution in [0.3, 0.4) is 0 Å². The molecular weight excluding hydrogens is 449 g/mol. The number of anilines is 1. The number of carbonyl (C=O) groups is 1. The molecule has 0 saturated carbocycles. The first-order valence-electron chi connectivity index (χ1n) is 9.34. The fourth-order valence-corrected chi connectivity index (χ4v) is 4.95. The molecule has 156 valence electrons. The minimum atomic E-state index is -0.351. The number of thiophene rings is 1. The van der Waals surface area contributed by atoms with Crippen molar-refractivity contribution in [2.24, 2.45) is 0 Å². The predicted octanol–water partition coefficient (Wildman–Crippen LogP) is 4.92. The number of ether oxygens (including phenoxy) is 1. The standard InChI is InChI=1S/C20H23Cl2N3O2S2/c1-3-15-11-16(19(26)27-2)18(29-15)23-20(28)25-8-6-24(7-9-25)12-13-4-5-14(21)10-17(13)22/h4-5,10-11H,3,6-9,12H2,1-2H3,(H,23,28). The minimum absolute atomic E-state index is 0.351. The normalized spacial score (nSPS) is 14.7. The molecule has 0 bridgehead atoms. The zero-order valence-electron chi connectivity index (χ0n) is 16.3. The average Bonchev–Trinajstić information content (AvgIpc) is 3.13. The second-order valence-corrected chi connectivity index (χ2v) is 9.10. The summed E-state index contributed by atoms with van der Waals surface area (Å²) in [6.07, 6.45) is 0.856. The third-order valence-corrected chi connectivity index (χ3v) is 6.97. The van der Waals surface area contributed by atoms with Crippen molar-refractivity contribution in [2.45, 2.75) is 19.9 Å². The van der Waals surface area contributed by atoms with Crippen LogP contribution in [0.4, 0.5) is 5.00 Å². The molecule has 1 aromatic heterocycles. The van der Waals surface area contributed by atoms with Crippen LogP contribution in [0.1, 0.15) is 27.7 Å². The number of rotatable bonds is 5. The molecule has 0 unspecified atom stereocenters. The van der Waals surface area contributed by atoms with E-state index in [4.69, 9.17) is 40.2 Å². The van der Waals surface area contributed by atoms with Crippen molar-refractivity contribution in [3.8, 4) is 0 Å². The van der Waals surface area contributed by atoms with Crippen molar-refractivity contribution >= 4 is 62.8 Å². The van der Waals surface area contributed by atoms with Gasteiger partial charge in [0, 0.05) is 47.6 Å². The van der Waals surface area contributed by atoms with Gasteiger partial charge in [-0.1, -0.05) is 36.2 Å². The molecule has 2 heterocycles. The van der Waals surface area contributed by atoms with Crippen molar-refractivity contribution < 1.29 is 9.53 Å². The van der Waals surface area contributed by atoms with Gasteiger partial charge in [0.1, 0.15) is 5.00 Å². The van der Waals surface area contributed by atoms with E-state index < -0.39 is 0 Å². The monoisotopic (exact) mass is 471 g/mol. The van der Waals surface area contributed by atoms with Gasteiger partial charge in [-0.15, -0.1) is 11.3 Å². The molecular formula is C20H23Cl2N3O2S2. The lowest BCUT2D eigenvalue weighted by molar-refractivity contribution is 0.0602. The Hall–Kier alpha value is -1.38. The molecule has 1 saturated heterocycles. The van der Waals surface area contributed by atoms with E-state index in [1.807, 2.05) is 18.2 Å². The summed E-state index contributed by atoms with van der Waals surface area (Å²) in [5, 5.41) is 5.96.